The van der Waals surface area contributed by atoms with Gasteiger partial charge in [-0.05, 0) is 37.5 Å². The maximum Gasteiger partial charge on any atom is 0.243 e. The highest BCUT2D eigenvalue weighted by atomic mass is 32.2. The van der Waals surface area contributed by atoms with Crippen molar-refractivity contribution in [2.45, 2.75) is 37.1 Å². The normalized spacial score (nSPS) is 16.8. The highest BCUT2D eigenvalue weighted by Crippen LogP contribution is 2.33. The minimum Gasteiger partial charge on any atom is -0.356 e. The van der Waals surface area contributed by atoms with E-state index in [1.807, 2.05) is 36.4 Å². The molecular weight excluding hydrogens is 434 g/mol. The number of nitriles is 1. The molecule has 7 nitrogen and oxygen atoms in total. The Labute approximate surface area is 194 Å². The molecule has 2 aromatic carbocycles. The van der Waals surface area contributed by atoms with E-state index in [0.717, 1.165) is 48.6 Å². The standard InChI is InChI=1S/C25H25N5O2S/c26-17-19-8-7-11-21(16-19)33(31,32)30-15-12-23-22(18-30)25(29-13-5-2-6-14-29)28-24(27-23)20-9-3-1-4-10-20/h1,3-4,7-11,16H,2,5-6,12-15,18H2. The highest BCUT2D eigenvalue weighted by molar-refractivity contribution is 7.89. The largest absolute Gasteiger partial charge is 0.356 e. The van der Waals surface area contributed by atoms with Crippen LogP contribution in [-0.2, 0) is 23.0 Å². The van der Waals surface area contributed by atoms with Crippen LogP contribution in [0.1, 0.15) is 36.1 Å². The summed E-state index contributed by atoms with van der Waals surface area (Å²) in [7, 11) is -3.74. The number of fused-ring (bicyclic) bond motifs is 1. The number of nitrogens with zero attached hydrogens (tertiary/aromatic N) is 5. The molecule has 33 heavy (non-hydrogen) atoms. The van der Waals surface area contributed by atoms with Gasteiger partial charge in [0.15, 0.2) is 5.82 Å². The summed E-state index contributed by atoms with van der Waals surface area (Å²) in [6.07, 6.45) is 3.92. The number of piperidine rings is 1. The SMILES string of the molecule is N#Cc1cccc(S(=O)(=O)N2CCc3nc(-c4ccccc4)nc(N4CCCCC4)c3C2)c1. The molecule has 0 radical (unpaired) electrons. The molecular formula is C25H25N5O2S. The third kappa shape index (κ3) is 4.22. The predicted molar refractivity (Wildman–Crippen MR) is 126 cm³/mol. The monoisotopic (exact) mass is 459 g/mol. The number of rotatable bonds is 4. The topological polar surface area (TPSA) is 90.2 Å². The number of aromatic nitrogens is 2. The van der Waals surface area contributed by atoms with Crippen LogP contribution in [0.2, 0.25) is 0 Å². The number of hydrogen-bond acceptors (Lipinski definition) is 6. The molecule has 0 N–H and O–H groups in total. The van der Waals surface area contributed by atoms with Gasteiger partial charge in [-0.15, -0.1) is 0 Å². The molecule has 0 saturated carbocycles. The fraction of sp³-hybridized carbons (Fsp3) is 0.320. The van der Waals surface area contributed by atoms with Crippen molar-refractivity contribution in [3.8, 4) is 17.5 Å². The van der Waals surface area contributed by atoms with Gasteiger partial charge < -0.3 is 4.90 Å². The number of hydrogen-bond donors (Lipinski definition) is 0. The van der Waals surface area contributed by atoms with E-state index in [9.17, 15) is 13.7 Å². The van der Waals surface area contributed by atoms with Gasteiger partial charge in [0.25, 0.3) is 0 Å². The van der Waals surface area contributed by atoms with Crippen molar-refractivity contribution >= 4 is 15.8 Å². The maximum atomic E-state index is 13.4. The summed E-state index contributed by atoms with van der Waals surface area (Å²) in [5, 5.41) is 9.19. The van der Waals surface area contributed by atoms with Crippen molar-refractivity contribution in [1.29, 1.82) is 5.26 Å². The van der Waals surface area contributed by atoms with Gasteiger partial charge in [0.2, 0.25) is 10.0 Å². The number of benzene rings is 2. The molecule has 1 saturated heterocycles. The Morgan fingerprint density at radius 3 is 2.45 bits per heavy atom. The zero-order valence-electron chi connectivity index (χ0n) is 18.3. The minimum absolute atomic E-state index is 0.145. The lowest BCUT2D eigenvalue weighted by atomic mass is 10.0. The van der Waals surface area contributed by atoms with Crippen LogP contribution in [0, 0.1) is 11.3 Å². The van der Waals surface area contributed by atoms with Crippen LogP contribution < -0.4 is 4.90 Å². The lowest BCUT2D eigenvalue weighted by Gasteiger charge is -2.34. The van der Waals surface area contributed by atoms with Crippen molar-refractivity contribution in [2.24, 2.45) is 0 Å². The number of sulfonamides is 1. The Morgan fingerprint density at radius 1 is 0.909 bits per heavy atom. The van der Waals surface area contributed by atoms with E-state index in [-0.39, 0.29) is 11.4 Å². The molecule has 8 heteroatoms. The van der Waals surface area contributed by atoms with Crippen LogP contribution in [0.25, 0.3) is 11.4 Å². The summed E-state index contributed by atoms with van der Waals surface area (Å²) in [5.74, 6) is 1.54. The average Bonchev–Trinajstić information content (AvgIpc) is 2.88. The summed E-state index contributed by atoms with van der Waals surface area (Å²) in [6, 6.07) is 18.1. The molecule has 2 aliphatic heterocycles. The fourth-order valence-corrected chi connectivity index (χ4v) is 5.99. The Morgan fingerprint density at radius 2 is 1.70 bits per heavy atom. The number of anilines is 1. The summed E-state index contributed by atoms with van der Waals surface area (Å²) in [6.45, 7) is 2.40. The molecule has 0 spiro atoms. The van der Waals surface area contributed by atoms with Crippen LogP contribution in [-0.4, -0.2) is 42.3 Å². The first-order valence-corrected chi connectivity index (χ1v) is 12.7. The molecule has 1 aromatic heterocycles. The van der Waals surface area contributed by atoms with Gasteiger partial charge >= 0.3 is 0 Å². The molecule has 0 amide bonds. The summed E-state index contributed by atoms with van der Waals surface area (Å²) < 4.78 is 28.3. The highest BCUT2D eigenvalue weighted by Gasteiger charge is 2.33. The zero-order valence-corrected chi connectivity index (χ0v) is 19.1. The smallest absolute Gasteiger partial charge is 0.243 e. The van der Waals surface area contributed by atoms with Crippen LogP contribution in [0.5, 0.6) is 0 Å². The van der Waals surface area contributed by atoms with E-state index in [2.05, 4.69) is 4.90 Å². The van der Waals surface area contributed by atoms with E-state index in [1.54, 1.807) is 18.2 Å². The molecule has 5 rings (SSSR count). The van der Waals surface area contributed by atoms with E-state index in [0.29, 0.717) is 24.4 Å². The Hall–Kier alpha value is -3.28. The third-order valence-electron chi connectivity index (χ3n) is 6.29. The van der Waals surface area contributed by atoms with Gasteiger partial charge in [-0.1, -0.05) is 36.4 Å². The average molecular weight is 460 g/mol. The van der Waals surface area contributed by atoms with Crippen molar-refractivity contribution in [3.05, 3.63) is 71.4 Å². The van der Waals surface area contributed by atoms with Crippen molar-refractivity contribution in [3.63, 3.8) is 0 Å². The van der Waals surface area contributed by atoms with Gasteiger partial charge in [-0.25, -0.2) is 18.4 Å². The molecule has 3 aromatic rings. The lowest BCUT2D eigenvalue weighted by Crippen LogP contribution is -2.39. The maximum absolute atomic E-state index is 13.4. The van der Waals surface area contributed by atoms with Gasteiger partial charge in [-0.3, -0.25) is 0 Å². The van der Waals surface area contributed by atoms with Gasteiger partial charge in [-0.2, -0.15) is 9.57 Å². The summed E-state index contributed by atoms with van der Waals surface area (Å²) in [4.78, 5) is 12.2. The second-order valence-corrected chi connectivity index (χ2v) is 10.4. The molecule has 0 bridgehead atoms. The van der Waals surface area contributed by atoms with E-state index >= 15 is 0 Å². The quantitative estimate of drug-likeness (QED) is 0.590. The van der Waals surface area contributed by atoms with Crippen LogP contribution in [0.15, 0.2) is 59.5 Å². The zero-order chi connectivity index (χ0) is 22.8. The van der Waals surface area contributed by atoms with Crippen molar-refractivity contribution < 1.29 is 8.42 Å². The summed E-state index contributed by atoms with van der Waals surface area (Å²) >= 11 is 0. The van der Waals surface area contributed by atoms with E-state index in [4.69, 9.17) is 9.97 Å². The van der Waals surface area contributed by atoms with Crippen LogP contribution in [0.4, 0.5) is 5.82 Å². The fourth-order valence-electron chi connectivity index (χ4n) is 4.54. The Balaban J connectivity index is 1.55. The molecule has 1 fully saturated rings. The molecule has 0 aliphatic carbocycles. The van der Waals surface area contributed by atoms with Crippen molar-refractivity contribution in [1.82, 2.24) is 14.3 Å². The predicted octanol–water partition coefficient (Wildman–Crippen LogP) is 3.75. The molecule has 0 unspecified atom stereocenters. The Bertz CT molecular complexity index is 1310. The lowest BCUT2D eigenvalue weighted by molar-refractivity contribution is 0.386. The second-order valence-electron chi connectivity index (χ2n) is 8.44. The first-order valence-electron chi connectivity index (χ1n) is 11.3. The first kappa shape index (κ1) is 21.6. The molecule has 3 heterocycles. The minimum atomic E-state index is -3.74. The first-order chi connectivity index (χ1) is 16.1. The molecule has 168 valence electrons. The third-order valence-corrected chi connectivity index (χ3v) is 8.13. The van der Waals surface area contributed by atoms with E-state index in [1.165, 1.54) is 16.8 Å². The Kier molecular flexibility index (Phi) is 5.83. The molecule has 0 atom stereocenters. The van der Waals surface area contributed by atoms with Crippen LogP contribution in [0.3, 0.4) is 0 Å². The van der Waals surface area contributed by atoms with Gasteiger partial charge in [0.05, 0.1) is 22.2 Å². The summed E-state index contributed by atoms with van der Waals surface area (Å²) in [5.41, 5.74) is 3.10. The van der Waals surface area contributed by atoms with Gasteiger partial charge in [0.1, 0.15) is 5.82 Å². The van der Waals surface area contributed by atoms with Crippen LogP contribution >= 0.6 is 0 Å². The van der Waals surface area contributed by atoms with Crippen molar-refractivity contribution in [2.75, 3.05) is 24.5 Å². The van der Waals surface area contributed by atoms with E-state index < -0.39 is 10.0 Å². The molecule has 2 aliphatic rings. The second kappa shape index (κ2) is 8.93. The van der Waals surface area contributed by atoms with Gasteiger partial charge in [0, 0.05) is 43.7 Å².